The lowest BCUT2D eigenvalue weighted by molar-refractivity contribution is -0.132. The van der Waals surface area contributed by atoms with Gasteiger partial charge in [-0.2, -0.15) is 0 Å². The van der Waals surface area contributed by atoms with Gasteiger partial charge in [-0.05, 0) is 18.4 Å². The first-order chi connectivity index (χ1) is 15.4. The Bertz CT molecular complexity index is 1060. The lowest BCUT2D eigenvalue weighted by atomic mass is 9.99. The van der Waals surface area contributed by atoms with Crippen molar-refractivity contribution in [3.8, 4) is 11.1 Å². The van der Waals surface area contributed by atoms with E-state index in [1.54, 1.807) is 0 Å². The third-order valence-electron chi connectivity index (χ3n) is 5.71. The molecule has 1 fully saturated rings. The van der Waals surface area contributed by atoms with Gasteiger partial charge in [0.2, 0.25) is 23.6 Å². The Morgan fingerprint density at radius 2 is 2.00 bits per heavy atom. The molecule has 1 aliphatic rings. The van der Waals surface area contributed by atoms with Crippen molar-refractivity contribution >= 4 is 11.9 Å². The van der Waals surface area contributed by atoms with Crippen LogP contribution in [0.15, 0.2) is 40.9 Å². The topological polar surface area (TPSA) is 88.3 Å². The predicted octanol–water partition coefficient (Wildman–Crippen LogP) is 4.01. The van der Waals surface area contributed by atoms with Crippen molar-refractivity contribution in [2.45, 2.75) is 51.5 Å². The first-order valence-electron chi connectivity index (χ1n) is 11.2. The van der Waals surface area contributed by atoms with Crippen LogP contribution in [-0.4, -0.2) is 51.6 Å². The molecule has 2 aromatic heterocycles. The fourth-order valence-electron chi connectivity index (χ4n) is 4.00. The molecule has 0 N–H and O–H groups in total. The van der Waals surface area contributed by atoms with Crippen LogP contribution in [0.1, 0.15) is 62.5 Å². The molecule has 8 nitrogen and oxygen atoms in total. The van der Waals surface area contributed by atoms with Gasteiger partial charge in [-0.15, -0.1) is 10.2 Å². The van der Waals surface area contributed by atoms with E-state index in [4.69, 9.17) is 9.40 Å². The van der Waals surface area contributed by atoms with Crippen LogP contribution in [0.2, 0.25) is 0 Å². The number of anilines is 1. The van der Waals surface area contributed by atoms with E-state index in [0.717, 1.165) is 36.2 Å². The molecule has 0 unspecified atom stereocenters. The van der Waals surface area contributed by atoms with E-state index in [1.165, 1.54) is 0 Å². The maximum Gasteiger partial charge on any atom is 0.225 e. The van der Waals surface area contributed by atoms with Crippen molar-refractivity contribution in [1.29, 1.82) is 0 Å². The second-order valence-corrected chi connectivity index (χ2v) is 8.66. The highest BCUT2D eigenvalue weighted by molar-refractivity contribution is 5.78. The molecule has 8 heteroatoms. The van der Waals surface area contributed by atoms with Gasteiger partial charge >= 0.3 is 0 Å². The Hall–Kier alpha value is -3.29. The molecule has 0 spiro atoms. The number of carbonyl (C=O) groups excluding carboxylic acids is 1. The van der Waals surface area contributed by atoms with Crippen LogP contribution in [-0.2, 0) is 11.2 Å². The molecule has 3 heterocycles. The van der Waals surface area contributed by atoms with Crippen molar-refractivity contribution in [3.05, 3.63) is 54.0 Å². The van der Waals surface area contributed by atoms with Crippen molar-refractivity contribution in [2.75, 3.05) is 25.5 Å². The second-order valence-electron chi connectivity index (χ2n) is 8.66. The summed E-state index contributed by atoms with van der Waals surface area (Å²) in [6, 6.07) is 10.0. The third kappa shape index (κ3) is 4.64. The molecule has 0 radical (unpaired) electrons. The molecule has 32 heavy (non-hydrogen) atoms. The number of nitrogens with zero attached hydrogens (tertiary/aromatic N) is 6. The van der Waals surface area contributed by atoms with Crippen LogP contribution in [0.25, 0.3) is 11.1 Å². The zero-order chi connectivity index (χ0) is 22.7. The van der Waals surface area contributed by atoms with Crippen LogP contribution in [0.3, 0.4) is 0 Å². The lowest BCUT2D eigenvalue weighted by Crippen LogP contribution is -2.32. The molecular weight excluding hydrogens is 404 g/mol. The van der Waals surface area contributed by atoms with E-state index in [-0.39, 0.29) is 17.9 Å². The van der Waals surface area contributed by atoms with Gasteiger partial charge in [-0.1, -0.05) is 44.2 Å². The van der Waals surface area contributed by atoms with E-state index in [0.29, 0.717) is 30.6 Å². The fraction of sp³-hybridized carbons (Fsp3) is 0.458. The largest absolute Gasteiger partial charge is 0.425 e. The molecule has 1 atom stereocenters. The number of aromatic nitrogens is 4. The highest BCUT2D eigenvalue weighted by atomic mass is 16.4. The molecule has 168 valence electrons. The third-order valence-corrected chi connectivity index (χ3v) is 5.71. The number of carbonyl (C=O) groups is 1. The maximum atomic E-state index is 13.2. The number of rotatable bonds is 7. The molecule has 0 saturated carbocycles. The van der Waals surface area contributed by atoms with Gasteiger partial charge in [0.1, 0.15) is 0 Å². The van der Waals surface area contributed by atoms with Gasteiger partial charge in [-0.25, -0.2) is 9.97 Å². The second kappa shape index (κ2) is 9.46. The summed E-state index contributed by atoms with van der Waals surface area (Å²) < 4.78 is 5.67. The van der Waals surface area contributed by atoms with E-state index in [1.807, 2.05) is 62.1 Å². The Morgan fingerprint density at radius 3 is 2.69 bits per heavy atom. The average Bonchev–Trinajstić information content (AvgIpc) is 3.47. The van der Waals surface area contributed by atoms with Crippen LogP contribution < -0.4 is 4.90 Å². The van der Waals surface area contributed by atoms with Crippen molar-refractivity contribution in [2.24, 2.45) is 0 Å². The minimum atomic E-state index is -0.0756. The number of hydrogen-bond acceptors (Lipinski definition) is 7. The first-order valence-corrected chi connectivity index (χ1v) is 11.2. The fourth-order valence-corrected chi connectivity index (χ4v) is 4.00. The summed E-state index contributed by atoms with van der Waals surface area (Å²) in [5.41, 5.74) is 2.93. The number of amides is 1. The zero-order valence-corrected chi connectivity index (χ0v) is 19.2. The van der Waals surface area contributed by atoms with E-state index >= 15 is 0 Å². The quantitative estimate of drug-likeness (QED) is 0.555. The molecule has 0 bridgehead atoms. The number of aryl methyl sites for hydroxylation is 1. The smallest absolute Gasteiger partial charge is 0.225 e. The molecular formula is C24H30N6O2. The SMILES string of the molecule is CC(C)c1nnc(CCC(=O)N2CCC[C@@H]2c2nc(N(C)C)ncc2-c2ccccc2)o1. The van der Waals surface area contributed by atoms with Crippen molar-refractivity contribution < 1.29 is 9.21 Å². The summed E-state index contributed by atoms with van der Waals surface area (Å²) in [6.07, 6.45) is 4.49. The van der Waals surface area contributed by atoms with Crippen LogP contribution in [0, 0.1) is 0 Å². The van der Waals surface area contributed by atoms with Crippen LogP contribution in [0.4, 0.5) is 5.95 Å². The van der Waals surface area contributed by atoms with Gasteiger partial charge in [0.25, 0.3) is 0 Å². The molecule has 3 aromatic rings. The van der Waals surface area contributed by atoms with E-state index < -0.39 is 0 Å². The molecule has 1 saturated heterocycles. The Labute approximate surface area is 188 Å². The molecule has 1 amide bonds. The summed E-state index contributed by atoms with van der Waals surface area (Å²) >= 11 is 0. The maximum absolute atomic E-state index is 13.2. The zero-order valence-electron chi connectivity index (χ0n) is 19.2. The lowest BCUT2D eigenvalue weighted by Gasteiger charge is -2.27. The summed E-state index contributed by atoms with van der Waals surface area (Å²) in [4.78, 5) is 26.5. The Kier molecular flexibility index (Phi) is 6.48. The van der Waals surface area contributed by atoms with Gasteiger partial charge in [0.15, 0.2) is 0 Å². The van der Waals surface area contributed by atoms with Crippen molar-refractivity contribution in [3.63, 3.8) is 0 Å². The first kappa shape index (κ1) is 21.9. The van der Waals surface area contributed by atoms with Gasteiger partial charge in [0.05, 0.1) is 11.7 Å². The van der Waals surface area contributed by atoms with E-state index in [9.17, 15) is 4.79 Å². The standard InChI is InChI=1S/C24H30N6O2/c1-16(2)23-28-27-20(32-23)12-13-21(31)30-14-8-11-19(30)22-18(17-9-6-5-7-10-17)15-25-24(26-22)29(3)4/h5-7,9-10,15-16,19H,8,11-14H2,1-4H3/t19-/m1/s1. The normalized spacial score (nSPS) is 16.0. The molecule has 1 aromatic carbocycles. The van der Waals surface area contributed by atoms with Crippen LogP contribution >= 0.6 is 0 Å². The van der Waals surface area contributed by atoms with Crippen molar-refractivity contribution in [1.82, 2.24) is 25.1 Å². The Balaban J connectivity index is 1.57. The minimum Gasteiger partial charge on any atom is -0.425 e. The summed E-state index contributed by atoms with van der Waals surface area (Å²) in [5, 5.41) is 8.15. The summed E-state index contributed by atoms with van der Waals surface area (Å²) in [5.74, 6) is 2.03. The van der Waals surface area contributed by atoms with Gasteiger partial charge in [0, 0.05) is 51.2 Å². The van der Waals surface area contributed by atoms with Gasteiger partial charge in [-0.3, -0.25) is 4.79 Å². The number of benzene rings is 1. The molecule has 1 aliphatic heterocycles. The molecule has 4 rings (SSSR count). The highest BCUT2D eigenvalue weighted by Gasteiger charge is 2.33. The predicted molar refractivity (Wildman–Crippen MR) is 122 cm³/mol. The molecule has 0 aliphatic carbocycles. The number of likely N-dealkylation sites (tertiary alicyclic amines) is 1. The van der Waals surface area contributed by atoms with Gasteiger partial charge < -0.3 is 14.2 Å². The van der Waals surface area contributed by atoms with E-state index in [2.05, 4.69) is 27.3 Å². The summed E-state index contributed by atoms with van der Waals surface area (Å²) in [6.45, 7) is 4.73. The monoisotopic (exact) mass is 434 g/mol. The number of hydrogen-bond donors (Lipinski definition) is 0. The minimum absolute atomic E-state index is 0.0756. The average molecular weight is 435 g/mol. The summed E-state index contributed by atoms with van der Waals surface area (Å²) in [7, 11) is 3.85. The Morgan fingerprint density at radius 1 is 1.22 bits per heavy atom. The highest BCUT2D eigenvalue weighted by Crippen LogP contribution is 2.37. The van der Waals surface area contributed by atoms with Crippen LogP contribution in [0.5, 0.6) is 0 Å².